The van der Waals surface area contributed by atoms with Gasteiger partial charge in [-0.2, -0.15) is 4.72 Å². The predicted molar refractivity (Wildman–Crippen MR) is 109 cm³/mol. The first kappa shape index (κ1) is 22.5. The quantitative estimate of drug-likeness (QED) is 0.253. The number of carbonyl (C=O) groups excluding carboxylic acids is 2. The van der Waals surface area contributed by atoms with Crippen LogP contribution in [0.25, 0.3) is 0 Å². The average molecular weight is 420 g/mol. The first-order chi connectivity index (χ1) is 13.9. The molecule has 0 saturated heterocycles. The van der Waals surface area contributed by atoms with Crippen LogP contribution in [0.3, 0.4) is 0 Å². The molecule has 2 amide bonds. The number of hydrogen-bond donors (Lipinski definition) is 4. The van der Waals surface area contributed by atoms with Gasteiger partial charge >= 0.3 is 0 Å². The van der Waals surface area contributed by atoms with Crippen molar-refractivity contribution in [2.24, 2.45) is 0 Å². The van der Waals surface area contributed by atoms with Crippen LogP contribution in [-0.2, 0) is 19.6 Å². The Kier molecular flexibility index (Phi) is 8.78. The van der Waals surface area contributed by atoms with Crippen molar-refractivity contribution >= 4 is 27.5 Å². The molecule has 0 radical (unpaired) electrons. The Morgan fingerprint density at radius 2 is 1.52 bits per heavy atom. The highest BCUT2D eigenvalue weighted by atomic mass is 32.2. The lowest BCUT2D eigenvalue weighted by Gasteiger charge is -2.17. The van der Waals surface area contributed by atoms with E-state index in [-0.39, 0.29) is 17.2 Å². The van der Waals surface area contributed by atoms with E-state index in [0.29, 0.717) is 25.7 Å². The van der Waals surface area contributed by atoms with Crippen LogP contribution < -0.4 is 15.5 Å². The summed E-state index contributed by atoms with van der Waals surface area (Å²) in [5.41, 5.74) is 2.22. The molecule has 0 bridgehead atoms. The minimum absolute atomic E-state index is 0.0355. The molecule has 2 aromatic rings. The number of unbranched alkanes of at least 4 members (excludes halogenated alkanes) is 2. The Morgan fingerprint density at radius 1 is 0.897 bits per heavy atom. The summed E-state index contributed by atoms with van der Waals surface area (Å²) >= 11 is 0. The predicted octanol–water partition coefficient (Wildman–Crippen LogP) is 2.43. The molecule has 0 unspecified atom stereocenters. The van der Waals surface area contributed by atoms with Gasteiger partial charge in [-0.25, -0.2) is 13.9 Å². The summed E-state index contributed by atoms with van der Waals surface area (Å²) in [7, 11) is -3.89. The molecule has 156 valence electrons. The molecular formula is C20H25N3O5S. The Morgan fingerprint density at radius 3 is 2.14 bits per heavy atom. The molecule has 1 atom stereocenters. The largest absolute Gasteiger partial charge is 0.326 e. The zero-order valence-corrected chi connectivity index (χ0v) is 16.7. The molecule has 29 heavy (non-hydrogen) atoms. The van der Waals surface area contributed by atoms with Gasteiger partial charge in [0.1, 0.15) is 6.04 Å². The minimum Gasteiger partial charge on any atom is -0.326 e. The first-order valence-corrected chi connectivity index (χ1v) is 10.8. The van der Waals surface area contributed by atoms with E-state index in [9.17, 15) is 18.0 Å². The van der Waals surface area contributed by atoms with Crippen molar-refractivity contribution in [1.82, 2.24) is 10.2 Å². The third kappa shape index (κ3) is 7.65. The van der Waals surface area contributed by atoms with Gasteiger partial charge in [-0.05, 0) is 37.1 Å². The van der Waals surface area contributed by atoms with Crippen molar-refractivity contribution in [1.29, 1.82) is 0 Å². The van der Waals surface area contributed by atoms with Crippen LogP contribution >= 0.6 is 0 Å². The third-order valence-corrected chi connectivity index (χ3v) is 5.72. The fraction of sp³-hybridized carbons (Fsp3) is 0.300. The van der Waals surface area contributed by atoms with Crippen molar-refractivity contribution in [3.05, 3.63) is 60.7 Å². The van der Waals surface area contributed by atoms with Crippen LogP contribution in [-0.4, -0.2) is 31.5 Å². The second-order valence-electron chi connectivity index (χ2n) is 6.48. The molecule has 0 aromatic heterocycles. The van der Waals surface area contributed by atoms with Gasteiger partial charge in [-0.15, -0.1) is 0 Å². The molecule has 2 aromatic carbocycles. The van der Waals surface area contributed by atoms with E-state index in [2.05, 4.69) is 10.0 Å². The highest BCUT2D eigenvalue weighted by Crippen LogP contribution is 2.13. The van der Waals surface area contributed by atoms with Gasteiger partial charge in [0.25, 0.3) is 5.91 Å². The highest BCUT2D eigenvalue weighted by molar-refractivity contribution is 7.89. The summed E-state index contributed by atoms with van der Waals surface area (Å²) in [5.74, 6) is -0.933. The van der Waals surface area contributed by atoms with E-state index in [1.165, 1.54) is 17.6 Å². The molecule has 0 aliphatic carbocycles. The maximum absolute atomic E-state index is 12.4. The zero-order chi connectivity index (χ0) is 21.1. The van der Waals surface area contributed by atoms with E-state index in [1.807, 2.05) is 18.2 Å². The summed E-state index contributed by atoms with van der Waals surface area (Å²) in [6.45, 7) is 0. The van der Waals surface area contributed by atoms with Crippen LogP contribution in [0.15, 0.2) is 65.6 Å². The van der Waals surface area contributed by atoms with Gasteiger partial charge in [0.05, 0.1) is 4.90 Å². The molecule has 9 heteroatoms. The van der Waals surface area contributed by atoms with Crippen LogP contribution in [0.2, 0.25) is 0 Å². The maximum Gasteiger partial charge on any atom is 0.261 e. The first-order valence-electron chi connectivity index (χ1n) is 9.28. The molecule has 0 fully saturated rings. The Bertz CT molecular complexity index is 889. The van der Waals surface area contributed by atoms with Gasteiger partial charge in [0.2, 0.25) is 15.9 Å². The second-order valence-corrected chi connectivity index (χ2v) is 8.19. The minimum atomic E-state index is -3.89. The SMILES string of the molecule is O=C(CCCCC[C@H](NS(=O)(=O)c1ccccc1)C(=O)NO)Nc1ccccc1. The van der Waals surface area contributed by atoms with E-state index in [1.54, 1.807) is 30.3 Å². The summed E-state index contributed by atoms with van der Waals surface area (Å²) in [5, 5.41) is 11.7. The van der Waals surface area contributed by atoms with E-state index >= 15 is 0 Å². The molecule has 8 nitrogen and oxygen atoms in total. The van der Waals surface area contributed by atoms with Crippen molar-refractivity contribution in [2.45, 2.75) is 43.0 Å². The molecular weight excluding hydrogens is 394 g/mol. The number of para-hydroxylation sites is 1. The number of sulfonamides is 1. The third-order valence-electron chi connectivity index (χ3n) is 4.23. The number of amides is 2. The van der Waals surface area contributed by atoms with Crippen molar-refractivity contribution in [3.63, 3.8) is 0 Å². The maximum atomic E-state index is 12.4. The summed E-state index contributed by atoms with van der Waals surface area (Å²) in [4.78, 5) is 23.8. The van der Waals surface area contributed by atoms with Crippen LogP contribution in [0.1, 0.15) is 32.1 Å². The van der Waals surface area contributed by atoms with Crippen LogP contribution in [0.5, 0.6) is 0 Å². The van der Waals surface area contributed by atoms with E-state index in [0.717, 1.165) is 5.69 Å². The highest BCUT2D eigenvalue weighted by Gasteiger charge is 2.25. The van der Waals surface area contributed by atoms with Crippen molar-refractivity contribution < 1.29 is 23.2 Å². The fourth-order valence-electron chi connectivity index (χ4n) is 2.73. The van der Waals surface area contributed by atoms with Gasteiger partial charge in [-0.3, -0.25) is 14.8 Å². The number of hydroxylamine groups is 1. The summed E-state index contributed by atoms with van der Waals surface area (Å²) < 4.78 is 27.1. The van der Waals surface area contributed by atoms with E-state index < -0.39 is 22.0 Å². The van der Waals surface area contributed by atoms with Gasteiger partial charge < -0.3 is 5.32 Å². The molecule has 0 saturated carbocycles. The van der Waals surface area contributed by atoms with E-state index in [4.69, 9.17) is 5.21 Å². The number of hydrogen-bond acceptors (Lipinski definition) is 5. The normalized spacial score (nSPS) is 12.2. The lowest BCUT2D eigenvalue weighted by atomic mass is 10.1. The van der Waals surface area contributed by atoms with Crippen molar-refractivity contribution in [2.75, 3.05) is 5.32 Å². The van der Waals surface area contributed by atoms with Crippen LogP contribution in [0, 0.1) is 0 Å². The number of nitrogens with one attached hydrogen (secondary N) is 3. The summed E-state index contributed by atoms with van der Waals surface area (Å²) in [6, 6.07) is 15.7. The molecule has 4 N–H and O–H groups in total. The molecule has 0 aliphatic heterocycles. The molecule has 0 spiro atoms. The lowest BCUT2D eigenvalue weighted by Crippen LogP contribution is -2.45. The number of anilines is 1. The second kappa shape index (κ2) is 11.3. The van der Waals surface area contributed by atoms with Gasteiger partial charge in [0, 0.05) is 12.1 Å². The zero-order valence-electron chi connectivity index (χ0n) is 15.9. The molecule has 0 heterocycles. The van der Waals surface area contributed by atoms with Crippen LogP contribution in [0.4, 0.5) is 5.69 Å². The number of rotatable bonds is 11. The molecule has 2 rings (SSSR count). The smallest absolute Gasteiger partial charge is 0.261 e. The topological polar surface area (TPSA) is 125 Å². The average Bonchev–Trinajstić information content (AvgIpc) is 2.73. The van der Waals surface area contributed by atoms with Crippen molar-refractivity contribution in [3.8, 4) is 0 Å². The van der Waals surface area contributed by atoms with Gasteiger partial charge in [-0.1, -0.05) is 49.2 Å². The Labute approximate surface area is 170 Å². The molecule has 0 aliphatic rings. The lowest BCUT2D eigenvalue weighted by molar-refractivity contribution is -0.131. The number of benzene rings is 2. The van der Waals surface area contributed by atoms with Gasteiger partial charge in [0.15, 0.2) is 0 Å². The Hall–Kier alpha value is -2.75. The number of carbonyl (C=O) groups is 2. The summed E-state index contributed by atoms with van der Waals surface area (Å²) in [6.07, 6.45) is 2.25. The fourth-order valence-corrected chi connectivity index (χ4v) is 3.98. The monoisotopic (exact) mass is 419 g/mol. The standard InChI is InChI=1S/C20H25N3O5S/c24-19(21-16-10-4-1-5-11-16)15-9-3-8-14-18(20(25)22-26)23-29(27,28)17-12-6-2-7-13-17/h1-2,4-7,10-13,18,23,26H,3,8-9,14-15H2,(H,21,24)(H,22,25)/t18-/m0/s1. The Balaban J connectivity index is 1.79.